The summed E-state index contributed by atoms with van der Waals surface area (Å²) in [5.41, 5.74) is 3.31. The number of carbonyl (C=O) groups is 6. The summed E-state index contributed by atoms with van der Waals surface area (Å²) in [6, 6.07) is 17.2. The quantitative estimate of drug-likeness (QED) is 0.0272. The van der Waals surface area contributed by atoms with Gasteiger partial charge in [-0.1, -0.05) is 80.9 Å². The molecule has 6 aromatic rings. The van der Waals surface area contributed by atoms with Crippen LogP contribution < -0.4 is 20.9 Å². The molecule has 0 aliphatic carbocycles. The molecule has 90 heavy (non-hydrogen) atoms. The zero-order chi connectivity index (χ0) is 65.0. The fraction of sp³-hybridized carbons (Fsp3) is 0.484. The third kappa shape index (κ3) is 17.9. The van der Waals surface area contributed by atoms with Crippen LogP contribution in [0.5, 0.6) is 5.75 Å². The highest BCUT2D eigenvalue weighted by Crippen LogP contribution is 2.43. The molecule has 0 unspecified atom stereocenters. The van der Waals surface area contributed by atoms with E-state index in [-0.39, 0.29) is 144 Å². The summed E-state index contributed by atoms with van der Waals surface area (Å²) >= 11 is 8.44. The highest BCUT2D eigenvalue weighted by Gasteiger charge is 2.45. The summed E-state index contributed by atoms with van der Waals surface area (Å²) in [6.45, 7) is 16.6. The van der Waals surface area contributed by atoms with Gasteiger partial charge in [0, 0.05) is 63.7 Å². The van der Waals surface area contributed by atoms with Gasteiger partial charge in [0.15, 0.2) is 5.82 Å². The predicted octanol–water partition coefficient (Wildman–Crippen LogP) is 7.66. The number of phenolic OH excluding ortho intramolecular Hbond substituents is 1. The largest absolute Gasteiger partial charge is 0.508 e. The molecule has 2 aromatic heterocycles. The summed E-state index contributed by atoms with van der Waals surface area (Å²) in [4.78, 5) is 101. The van der Waals surface area contributed by atoms with Crippen molar-refractivity contribution in [3.05, 3.63) is 94.3 Å². The number of halogens is 2. The Morgan fingerprint density at radius 1 is 0.833 bits per heavy atom. The maximum Gasteiger partial charge on any atom is 0.410 e. The molecule has 4 heterocycles. The van der Waals surface area contributed by atoms with Crippen LogP contribution in [-0.2, 0) is 47.7 Å². The zero-order valence-electron chi connectivity index (χ0n) is 52.2. The Bertz CT molecular complexity index is 3540. The highest BCUT2D eigenvalue weighted by atomic mass is 35.5. The number of hydrogen-bond acceptors (Lipinski definition) is 18. The van der Waals surface area contributed by atoms with Crippen molar-refractivity contribution in [2.75, 3.05) is 109 Å². The van der Waals surface area contributed by atoms with Gasteiger partial charge in [-0.05, 0) is 85.7 Å². The Balaban J connectivity index is 0.734. The molecule has 0 radical (unpaired) electrons. The van der Waals surface area contributed by atoms with Gasteiger partial charge >= 0.3 is 6.09 Å². The number of amides is 6. The fourth-order valence-electron chi connectivity index (χ4n) is 10.5. The van der Waals surface area contributed by atoms with E-state index in [0.29, 0.717) is 16.3 Å². The van der Waals surface area contributed by atoms with Gasteiger partial charge in [-0.25, -0.2) is 19.2 Å². The first-order chi connectivity index (χ1) is 42.8. The number of carbonyl (C=O) groups excluding carboxylic acids is 6. The highest BCUT2D eigenvalue weighted by molar-refractivity contribution is 7.13. The zero-order valence-corrected chi connectivity index (χ0v) is 53.8. The number of anilines is 2. The van der Waals surface area contributed by atoms with Crippen molar-refractivity contribution in [2.45, 2.75) is 98.1 Å². The monoisotopic (exact) mass is 1280 g/mol. The lowest BCUT2D eigenvalue weighted by Crippen LogP contribution is -2.58. The van der Waals surface area contributed by atoms with Crippen LogP contribution in [0.4, 0.5) is 21.0 Å². The maximum atomic E-state index is 17.1. The summed E-state index contributed by atoms with van der Waals surface area (Å²) in [7, 11) is 1.52. The average molecular weight is 1280 g/mol. The van der Waals surface area contributed by atoms with E-state index in [1.54, 1.807) is 93.6 Å². The number of nitrogens with one attached hydrogen (secondary N) is 3. The summed E-state index contributed by atoms with van der Waals surface area (Å²) in [5.74, 6) is -3.66. The van der Waals surface area contributed by atoms with Crippen molar-refractivity contribution in [1.82, 2.24) is 40.3 Å². The standard InChI is InChI=1S/C64H80ClFN10O13S/c1-38(40-14-16-41(17-15-40)56-39(2)67-37-90-56)68-59(82)49-32-44(78)35-76(49)60(83)57(63(3,4)5)69-51(80)36-88-29-28-87-27-26-86-25-24-85-23-22-73(9)52(81)34-50(79)70-61-71-55-47(58(72-61)74-18-20-75(21-19-74)62(84)89-64(6,7)8)33-48(65)53(54(55)66)46-31-43(77)30-42-12-10-11-13-45(42)46/h10-17,30-31,33,37-38,44,49,57,77-78H,18-29,32,34-36H2,1-9H3,(H,68,82)(H,69,80)(H,70,71,72,79)/t38-,44+,49-,57+/m0/s1. The van der Waals surface area contributed by atoms with Crippen LogP contribution in [0.1, 0.15) is 78.6 Å². The lowest BCUT2D eigenvalue weighted by molar-refractivity contribution is -0.144. The Labute approximate surface area is 531 Å². The van der Waals surface area contributed by atoms with Gasteiger partial charge in [0.2, 0.25) is 35.5 Å². The first kappa shape index (κ1) is 68.3. The normalized spacial score (nSPS) is 16.1. The molecule has 4 aromatic carbocycles. The van der Waals surface area contributed by atoms with Crippen molar-refractivity contribution >= 4 is 92.0 Å². The molecule has 484 valence electrons. The third-order valence-electron chi connectivity index (χ3n) is 15.2. The van der Waals surface area contributed by atoms with Gasteiger partial charge in [0.05, 0.1) is 79.5 Å². The lowest BCUT2D eigenvalue weighted by Gasteiger charge is -2.36. The van der Waals surface area contributed by atoms with Gasteiger partial charge in [-0.3, -0.25) is 29.3 Å². The van der Waals surface area contributed by atoms with Crippen LogP contribution in [0, 0.1) is 18.2 Å². The first-order valence-electron chi connectivity index (χ1n) is 29.8. The number of likely N-dealkylation sites (N-methyl/N-ethyl adjacent to an activating group) is 1. The Kier molecular flexibility index (Phi) is 23.1. The van der Waals surface area contributed by atoms with E-state index >= 15 is 4.39 Å². The molecule has 0 bridgehead atoms. The van der Waals surface area contributed by atoms with E-state index in [0.717, 1.165) is 21.7 Å². The molecule has 0 saturated carbocycles. The molecule has 5 N–H and O–H groups in total. The predicted molar refractivity (Wildman–Crippen MR) is 340 cm³/mol. The van der Waals surface area contributed by atoms with Crippen molar-refractivity contribution in [1.29, 1.82) is 0 Å². The van der Waals surface area contributed by atoms with Crippen molar-refractivity contribution in [2.24, 2.45) is 5.41 Å². The molecule has 2 aliphatic heterocycles. The Morgan fingerprint density at radius 2 is 1.49 bits per heavy atom. The van der Waals surface area contributed by atoms with Gasteiger partial charge in [0.25, 0.3) is 0 Å². The van der Waals surface area contributed by atoms with E-state index in [1.165, 1.54) is 29.0 Å². The smallest absolute Gasteiger partial charge is 0.410 e. The van der Waals surface area contributed by atoms with E-state index in [1.807, 2.05) is 43.0 Å². The van der Waals surface area contributed by atoms with Gasteiger partial charge < -0.3 is 64.1 Å². The number of rotatable bonds is 25. The maximum absolute atomic E-state index is 17.1. The number of β-amino-alcohol motifs (C(OH)–C–C–N with tert-alkyl or cyclic N) is 1. The Hall–Kier alpha value is -7.65. The number of piperazine rings is 1. The van der Waals surface area contributed by atoms with E-state index in [4.69, 9.17) is 35.3 Å². The number of aliphatic hydroxyl groups is 1. The van der Waals surface area contributed by atoms with Crippen LogP contribution in [0.15, 0.2) is 72.2 Å². The minimum Gasteiger partial charge on any atom is -0.508 e. The fourth-order valence-corrected chi connectivity index (χ4v) is 11.6. The van der Waals surface area contributed by atoms with Crippen LogP contribution in [-0.4, -0.2) is 198 Å². The molecule has 0 spiro atoms. The summed E-state index contributed by atoms with van der Waals surface area (Å²) < 4.78 is 45.1. The molecule has 2 fully saturated rings. The Morgan fingerprint density at radius 3 is 2.13 bits per heavy atom. The van der Waals surface area contributed by atoms with Gasteiger partial charge in [-0.2, -0.15) is 4.98 Å². The van der Waals surface area contributed by atoms with Crippen molar-refractivity contribution in [3.8, 4) is 27.3 Å². The van der Waals surface area contributed by atoms with Crippen molar-refractivity contribution in [3.63, 3.8) is 0 Å². The molecule has 8 rings (SSSR count). The van der Waals surface area contributed by atoms with Crippen LogP contribution in [0.25, 0.3) is 43.2 Å². The number of aromatic hydroxyl groups is 1. The molecule has 2 aliphatic rings. The second-order valence-corrected chi connectivity index (χ2v) is 25.6. The minimum absolute atomic E-state index is 0.0236. The third-order valence-corrected chi connectivity index (χ3v) is 16.5. The number of aryl methyl sites for hydroxylation is 1. The number of fused-ring (bicyclic) bond motifs is 2. The van der Waals surface area contributed by atoms with Gasteiger partial charge in [-0.15, -0.1) is 11.3 Å². The molecular formula is C64H80ClFN10O13S. The SMILES string of the molecule is Cc1ncsc1-c1ccc([C@H](C)NC(=O)[C@@H]2C[C@@H](O)CN2C(=O)[C@@H](NC(=O)COCCOCCOCCOCCN(C)C(=O)CC(=O)Nc2nc(N3CCN(C(=O)OC(C)(C)C)CC3)c3cc(Cl)c(-c4cc(O)cc5ccccc45)c(F)c3n2)C(C)(C)C)cc1. The molecule has 2 saturated heterocycles. The number of ether oxygens (including phenoxy) is 5. The number of aromatic nitrogens is 3. The first-order valence-corrected chi connectivity index (χ1v) is 31.1. The molecular weight excluding hydrogens is 1200 g/mol. The summed E-state index contributed by atoms with van der Waals surface area (Å²) in [5, 5.41) is 31.2. The van der Waals surface area contributed by atoms with E-state index < -0.39 is 77.1 Å². The second-order valence-electron chi connectivity index (χ2n) is 24.3. The molecule has 23 nitrogen and oxygen atoms in total. The molecule has 26 heteroatoms. The van der Waals surface area contributed by atoms with E-state index in [9.17, 15) is 39.0 Å². The lowest BCUT2D eigenvalue weighted by atomic mass is 9.85. The summed E-state index contributed by atoms with van der Waals surface area (Å²) in [6.07, 6.45) is -1.93. The minimum atomic E-state index is -1.02. The van der Waals surface area contributed by atoms with Crippen LogP contribution >= 0.6 is 22.9 Å². The van der Waals surface area contributed by atoms with Crippen LogP contribution in [0.2, 0.25) is 5.02 Å². The number of aliphatic hydroxyl groups excluding tert-OH is 1. The van der Waals surface area contributed by atoms with Gasteiger partial charge in [0.1, 0.15) is 47.8 Å². The number of thiazole rings is 1. The number of phenols is 1. The van der Waals surface area contributed by atoms with Crippen molar-refractivity contribution < 1.29 is 67.1 Å². The molecule has 6 amide bonds. The number of likely N-dealkylation sites (tertiary alicyclic amines) is 1. The van der Waals surface area contributed by atoms with Crippen LogP contribution in [0.3, 0.4) is 0 Å². The topological polar surface area (TPSA) is 277 Å². The molecule has 4 atom stereocenters. The second kappa shape index (κ2) is 30.4. The number of hydrogen-bond donors (Lipinski definition) is 5. The number of nitrogens with zero attached hydrogens (tertiary/aromatic N) is 7. The number of benzene rings is 4. The van der Waals surface area contributed by atoms with E-state index in [2.05, 4.69) is 30.9 Å². The average Bonchev–Trinajstić information content (AvgIpc) is 0.961.